The first kappa shape index (κ1) is 11.9. The fraction of sp³-hybridized carbons (Fsp3) is 0.615. The molecule has 1 aliphatic heterocycles. The highest BCUT2D eigenvalue weighted by Crippen LogP contribution is 2.32. The van der Waals surface area contributed by atoms with Gasteiger partial charge in [-0.1, -0.05) is 35.9 Å². The Balaban J connectivity index is 1.93. The lowest BCUT2D eigenvalue weighted by molar-refractivity contribution is -0.126. The summed E-state index contributed by atoms with van der Waals surface area (Å²) in [7, 11) is 0. The summed E-state index contributed by atoms with van der Waals surface area (Å²) in [5, 5.41) is 0. The third-order valence-corrected chi connectivity index (χ3v) is 3.86. The Morgan fingerprint density at radius 3 is 2.81 bits per heavy atom. The van der Waals surface area contributed by atoms with E-state index < -0.39 is 0 Å². The van der Waals surface area contributed by atoms with E-state index in [1.165, 1.54) is 10.2 Å². The van der Waals surface area contributed by atoms with E-state index in [1.54, 1.807) is 0 Å². The molecule has 1 atom stereocenters. The molecular weight excluding hydrogens is 266 g/mol. The van der Waals surface area contributed by atoms with Crippen molar-refractivity contribution in [2.75, 3.05) is 13.1 Å². The van der Waals surface area contributed by atoms with Gasteiger partial charge in [0.05, 0.1) is 5.92 Å². The molecule has 0 bridgehead atoms. The van der Waals surface area contributed by atoms with Gasteiger partial charge in [-0.05, 0) is 18.4 Å². The van der Waals surface area contributed by atoms with Crippen molar-refractivity contribution in [1.29, 1.82) is 0 Å². The molecule has 0 saturated carbocycles. The van der Waals surface area contributed by atoms with Gasteiger partial charge in [-0.3, -0.25) is 4.79 Å². The Hall–Kier alpha value is -0.570. The molecule has 1 saturated heterocycles. The lowest BCUT2D eigenvalue weighted by Gasteiger charge is -2.43. The number of hydrogen-bond acceptors (Lipinski definition) is 2. The molecule has 0 amide bonds. The van der Waals surface area contributed by atoms with Crippen molar-refractivity contribution in [2.24, 2.45) is 11.8 Å². The van der Waals surface area contributed by atoms with Gasteiger partial charge in [-0.2, -0.15) is 0 Å². The second kappa shape index (κ2) is 4.74. The maximum Gasteiger partial charge on any atom is 0.139 e. The quantitative estimate of drug-likeness (QED) is 0.793. The number of allylic oxidation sites excluding steroid dienone is 4. The summed E-state index contributed by atoms with van der Waals surface area (Å²) in [4.78, 5) is 13.8. The van der Waals surface area contributed by atoms with Crippen LogP contribution in [0.15, 0.2) is 22.3 Å². The molecule has 2 nitrogen and oxygen atoms in total. The van der Waals surface area contributed by atoms with Crippen LogP contribution in [0.4, 0.5) is 0 Å². The zero-order valence-electron chi connectivity index (χ0n) is 9.87. The lowest BCUT2D eigenvalue weighted by Crippen LogP contribution is -2.49. The van der Waals surface area contributed by atoms with Crippen molar-refractivity contribution in [3.63, 3.8) is 0 Å². The van der Waals surface area contributed by atoms with Crippen LogP contribution in [0.25, 0.3) is 0 Å². The zero-order chi connectivity index (χ0) is 11.7. The molecule has 0 radical (unpaired) electrons. The predicted molar refractivity (Wildman–Crippen MR) is 69.2 cm³/mol. The van der Waals surface area contributed by atoms with Gasteiger partial charge < -0.3 is 4.90 Å². The van der Waals surface area contributed by atoms with E-state index in [-0.39, 0.29) is 5.92 Å². The van der Waals surface area contributed by atoms with Crippen LogP contribution in [0.2, 0.25) is 0 Å². The van der Waals surface area contributed by atoms with E-state index in [0.29, 0.717) is 18.1 Å². The van der Waals surface area contributed by atoms with Crippen LogP contribution in [0.5, 0.6) is 0 Å². The Morgan fingerprint density at radius 2 is 2.25 bits per heavy atom. The number of halogens is 1. The summed E-state index contributed by atoms with van der Waals surface area (Å²) in [6.45, 7) is 6.02. The van der Waals surface area contributed by atoms with Crippen LogP contribution in [-0.4, -0.2) is 23.8 Å². The number of nitrogens with zero attached hydrogens (tertiary/aromatic N) is 1. The van der Waals surface area contributed by atoms with Gasteiger partial charge in [0.15, 0.2) is 0 Å². The summed E-state index contributed by atoms with van der Waals surface area (Å²) in [5.74, 6) is 1.29. The molecule has 2 rings (SSSR count). The van der Waals surface area contributed by atoms with Crippen molar-refractivity contribution >= 4 is 21.7 Å². The average molecular weight is 284 g/mol. The minimum Gasteiger partial charge on any atom is -0.373 e. The highest BCUT2D eigenvalue weighted by atomic mass is 79.9. The molecule has 0 spiro atoms. The zero-order valence-corrected chi connectivity index (χ0v) is 11.5. The van der Waals surface area contributed by atoms with Crippen molar-refractivity contribution in [3.8, 4) is 0 Å². The van der Waals surface area contributed by atoms with E-state index in [0.717, 1.165) is 19.5 Å². The lowest BCUT2D eigenvalue weighted by atomic mass is 9.90. The number of ketones is 1. The first-order valence-corrected chi connectivity index (χ1v) is 6.75. The topological polar surface area (TPSA) is 20.3 Å². The van der Waals surface area contributed by atoms with Gasteiger partial charge in [-0.25, -0.2) is 0 Å². The Bertz CT molecular complexity index is 353. The molecule has 3 heteroatoms. The molecule has 0 aromatic carbocycles. The smallest absolute Gasteiger partial charge is 0.139 e. The van der Waals surface area contributed by atoms with Crippen molar-refractivity contribution in [1.82, 2.24) is 4.90 Å². The molecule has 2 aliphatic rings. The molecular formula is C13H18BrNO. The summed E-state index contributed by atoms with van der Waals surface area (Å²) >= 11 is 3.54. The van der Waals surface area contributed by atoms with E-state index in [1.807, 2.05) is 6.92 Å². The Morgan fingerprint density at radius 1 is 1.56 bits per heavy atom. The molecule has 16 heavy (non-hydrogen) atoms. The molecule has 1 unspecified atom stereocenters. The molecule has 0 N–H and O–H groups in total. The second-order valence-electron chi connectivity index (χ2n) is 4.79. The third kappa shape index (κ3) is 2.40. The van der Waals surface area contributed by atoms with Gasteiger partial charge in [0.25, 0.3) is 0 Å². The van der Waals surface area contributed by atoms with Crippen molar-refractivity contribution in [3.05, 3.63) is 22.3 Å². The number of carbonyl (C=O) groups is 1. The minimum absolute atomic E-state index is 0.283. The standard InChI is InChI=1S/C13H18BrNO/c1-3-13(16)10-7-15(8-10)12-5-9(2)4-11(14)6-12/h4,6,9-10H,3,5,7-8H2,1-2H3. The van der Waals surface area contributed by atoms with Crippen LogP contribution in [0, 0.1) is 11.8 Å². The Kier molecular flexibility index (Phi) is 3.53. The largest absolute Gasteiger partial charge is 0.373 e. The monoisotopic (exact) mass is 283 g/mol. The van der Waals surface area contributed by atoms with Crippen LogP contribution in [-0.2, 0) is 4.79 Å². The first-order valence-electron chi connectivity index (χ1n) is 5.95. The van der Waals surface area contributed by atoms with Gasteiger partial charge in [-0.15, -0.1) is 0 Å². The number of rotatable bonds is 3. The van der Waals surface area contributed by atoms with E-state index in [9.17, 15) is 4.79 Å². The maximum atomic E-state index is 11.5. The van der Waals surface area contributed by atoms with Crippen molar-refractivity contribution < 1.29 is 4.79 Å². The Labute approximate surface area is 106 Å². The van der Waals surface area contributed by atoms with E-state index >= 15 is 0 Å². The molecule has 0 aromatic rings. The van der Waals surface area contributed by atoms with Crippen LogP contribution < -0.4 is 0 Å². The van der Waals surface area contributed by atoms with E-state index in [2.05, 4.69) is 39.9 Å². The van der Waals surface area contributed by atoms with Gasteiger partial charge in [0.1, 0.15) is 5.78 Å². The first-order chi connectivity index (χ1) is 7.60. The number of Topliss-reactive ketones (excluding diaryl/α,β-unsaturated/α-hetero) is 1. The van der Waals surface area contributed by atoms with Gasteiger partial charge >= 0.3 is 0 Å². The van der Waals surface area contributed by atoms with E-state index in [4.69, 9.17) is 0 Å². The summed E-state index contributed by atoms with van der Waals surface area (Å²) in [6.07, 6.45) is 6.20. The highest BCUT2D eigenvalue weighted by Gasteiger charge is 2.33. The fourth-order valence-corrected chi connectivity index (χ4v) is 3.07. The van der Waals surface area contributed by atoms with Gasteiger partial charge in [0, 0.05) is 29.7 Å². The molecule has 0 aromatic heterocycles. The maximum absolute atomic E-state index is 11.5. The normalized spacial score (nSPS) is 25.9. The molecule has 88 valence electrons. The second-order valence-corrected chi connectivity index (χ2v) is 5.71. The van der Waals surface area contributed by atoms with Crippen LogP contribution in [0.3, 0.4) is 0 Å². The minimum atomic E-state index is 0.283. The highest BCUT2D eigenvalue weighted by molar-refractivity contribution is 9.11. The van der Waals surface area contributed by atoms with Gasteiger partial charge in [0.2, 0.25) is 0 Å². The number of hydrogen-bond donors (Lipinski definition) is 0. The molecule has 1 heterocycles. The number of carbonyl (C=O) groups excluding carboxylic acids is 1. The van der Waals surface area contributed by atoms with Crippen molar-refractivity contribution in [2.45, 2.75) is 26.7 Å². The average Bonchev–Trinajstić information content (AvgIpc) is 2.13. The summed E-state index contributed by atoms with van der Waals surface area (Å²) < 4.78 is 1.17. The summed E-state index contributed by atoms with van der Waals surface area (Å²) in [5.41, 5.74) is 1.38. The fourth-order valence-electron chi connectivity index (χ4n) is 2.35. The predicted octanol–water partition coefficient (Wildman–Crippen LogP) is 3.10. The number of likely N-dealkylation sites (tertiary alicyclic amines) is 1. The SMILES string of the molecule is CCC(=O)C1CN(C2=CC(Br)=CC(C)C2)C1. The molecule has 1 fully saturated rings. The van der Waals surface area contributed by atoms with Crippen LogP contribution >= 0.6 is 15.9 Å². The molecule has 1 aliphatic carbocycles. The van der Waals surface area contributed by atoms with Crippen LogP contribution in [0.1, 0.15) is 26.7 Å². The summed E-state index contributed by atoms with van der Waals surface area (Å²) in [6, 6.07) is 0. The third-order valence-electron chi connectivity index (χ3n) is 3.37.